The Balaban J connectivity index is 2.35. The zero-order valence-electron chi connectivity index (χ0n) is 8.96. The Morgan fingerprint density at radius 3 is 2.62 bits per heavy atom. The molecule has 5 nitrogen and oxygen atoms in total. The van der Waals surface area contributed by atoms with Crippen molar-refractivity contribution in [2.45, 2.75) is 25.8 Å². The lowest BCUT2D eigenvalue weighted by Gasteiger charge is -2.04. The number of benzene rings is 1. The predicted octanol–water partition coefficient (Wildman–Crippen LogP) is 2.04. The Kier molecular flexibility index (Phi) is 4.44. The van der Waals surface area contributed by atoms with E-state index in [9.17, 15) is 14.9 Å². The Labute approximate surface area is 93.2 Å². The summed E-state index contributed by atoms with van der Waals surface area (Å²) < 4.78 is 4.98. The second-order valence-corrected chi connectivity index (χ2v) is 3.46. The summed E-state index contributed by atoms with van der Waals surface area (Å²) in [5, 5.41) is 10.3. The molecular formula is C11H13NO4. The lowest BCUT2D eigenvalue weighted by atomic mass is 10.2. The Morgan fingerprint density at radius 2 is 2.06 bits per heavy atom. The first-order valence-electron chi connectivity index (χ1n) is 4.99. The fourth-order valence-corrected chi connectivity index (χ4v) is 1.10. The SMILES string of the molecule is CC(CCC(=O)Oc1ccccc1)[N+](=O)[O-]. The summed E-state index contributed by atoms with van der Waals surface area (Å²) in [6.45, 7) is 1.47. The first-order valence-corrected chi connectivity index (χ1v) is 4.99. The number of hydrogen-bond donors (Lipinski definition) is 0. The van der Waals surface area contributed by atoms with Crippen LogP contribution in [-0.4, -0.2) is 16.9 Å². The molecule has 0 aromatic heterocycles. The first-order chi connectivity index (χ1) is 7.59. The normalized spacial score (nSPS) is 11.8. The van der Waals surface area contributed by atoms with E-state index in [1.165, 1.54) is 6.92 Å². The van der Waals surface area contributed by atoms with Crippen molar-refractivity contribution >= 4 is 5.97 Å². The van der Waals surface area contributed by atoms with Gasteiger partial charge in [0.2, 0.25) is 6.04 Å². The second kappa shape index (κ2) is 5.85. The van der Waals surface area contributed by atoms with E-state index in [0.29, 0.717) is 5.75 Å². The molecular weight excluding hydrogens is 210 g/mol. The van der Waals surface area contributed by atoms with Gasteiger partial charge in [-0.15, -0.1) is 0 Å². The number of carbonyl (C=O) groups is 1. The predicted molar refractivity (Wildman–Crippen MR) is 57.8 cm³/mol. The molecule has 16 heavy (non-hydrogen) atoms. The number of nitro groups is 1. The fraction of sp³-hybridized carbons (Fsp3) is 0.364. The largest absolute Gasteiger partial charge is 0.427 e. The third-order valence-corrected chi connectivity index (χ3v) is 2.10. The Bertz CT molecular complexity index is 364. The summed E-state index contributed by atoms with van der Waals surface area (Å²) in [5.74, 6) is 0.0150. The lowest BCUT2D eigenvalue weighted by molar-refractivity contribution is -0.518. The molecule has 1 atom stereocenters. The van der Waals surface area contributed by atoms with Crippen LogP contribution in [0.4, 0.5) is 0 Å². The number of para-hydroxylation sites is 1. The van der Waals surface area contributed by atoms with Crippen LogP contribution in [0.15, 0.2) is 30.3 Å². The number of nitrogens with zero attached hydrogens (tertiary/aromatic N) is 1. The molecule has 0 spiro atoms. The molecule has 0 amide bonds. The second-order valence-electron chi connectivity index (χ2n) is 3.46. The maximum absolute atomic E-state index is 11.3. The number of hydrogen-bond acceptors (Lipinski definition) is 4. The van der Waals surface area contributed by atoms with Crippen molar-refractivity contribution < 1.29 is 14.5 Å². The van der Waals surface area contributed by atoms with E-state index in [0.717, 1.165) is 0 Å². The minimum atomic E-state index is -0.719. The van der Waals surface area contributed by atoms with Gasteiger partial charge in [-0.1, -0.05) is 18.2 Å². The zero-order valence-corrected chi connectivity index (χ0v) is 8.96. The van der Waals surface area contributed by atoms with Crippen molar-refractivity contribution in [2.75, 3.05) is 0 Å². The van der Waals surface area contributed by atoms with Gasteiger partial charge in [-0.2, -0.15) is 0 Å². The van der Waals surface area contributed by atoms with Crippen LogP contribution in [0.25, 0.3) is 0 Å². The molecule has 1 aromatic carbocycles. The number of rotatable bonds is 5. The van der Waals surface area contributed by atoms with Gasteiger partial charge in [-0.25, -0.2) is 0 Å². The van der Waals surface area contributed by atoms with Crippen LogP contribution >= 0.6 is 0 Å². The van der Waals surface area contributed by atoms with Gasteiger partial charge in [-0.05, 0) is 12.1 Å². The molecule has 0 aliphatic rings. The molecule has 0 fully saturated rings. The van der Waals surface area contributed by atoms with Gasteiger partial charge >= 0.3 is 5.97 Å². The van der Waals surface area contributed by atoms with Crippen LogP contribution in [0, 0.1) is 10.1 Å². The highest BCUT2D eigenvalue weighted by molar-refractivity contribution is 5.72. The summed E-state index contributed by atoms with van der Waals surface area (Å²) in [5.41, 5.74) is 0. The maximum atomic E-state index is 11.3. The van der Waals surface area contributed by atoms with Crippen molar-refractivity contribution in [3.63, 3.8) is 0 Å². The smallest absolute Gasteiger partial charge is 0.311 e. The molecule has 0 heterocycles. The molecule has 1 rings (SSSR count). The minimum Gasteiger partial charge on any atom is -0.427 e. The average Bonchev–Trinajstić information content (AvgIpc) is 2.27. The summed E-state index contributed by atoms with van der Waals surface area (Å²) in [6.07, 6.45) is 0.246. The standard InChI is InChI=1S/C11H13NO4/c1-9(12(14)15)7-8-11(13)16-10-5-3-2-4-6-10/h2-6,9H,7-8H2,1H3. The molecule has 86 valence electrons. The number of carbonyl (C=O) groups excluding carboxylic acids is 1. The zero-order chi connectivity index (χ0) is 12.0. The molecule has 0 aliphatic carbocycles. The summed E-state index contributed by atoms with van der Waals surface area (Å²) in [4.78, 5) is 21.2. The first kappa shape index (κ1) is 12.2. The summed E-state index contributed by atoms with van der Waals surface area (Å²) in [6, 6.07) is 7.92. The molecule has 0 saturated heterocycles. The van der Waals surface area contributed by atoms with Crippen molar-refractivity contribution in [3.8, 4) is 5.75 Å². The van der Waals surface area contributed by atoms with Crippen LogP contribution in [0.3, 0.4) is 0 Å². The van der Waals surface area contributed by atoms with Crippen LogP contribution < -0.4 is 4.74 Å². The molecule has 0 radical (unpaired) electrons. The van der Waals surface area contributed by atoms with Gasteiger partial charge in [-0.3, -0.25) is 14.9 Å². The van der Waals surface area contributed by atoms with Crippen LogP contribution in [0.2, 0.25) is 0 Å². The van der Waals surface area contributed by atoms with Crippen LogP contribution in [-0.2, 0) is 4.79 Å². The van der Waals surface area contributed by atoms with Crippen molar-refractivity contribution in [1.29, 1.82) is 0 Å². The molecule has 1 unspecified atom stereocenters. The van der Waals surface area contributed by atoms with Crippen LogP contribution in [0.1, 0.15) is 19.8 Å². The van der Waals surface area contributed by atoms with Crippen molar-refractivity contribution in [1.82, 2.24) is 0 Å². The van der Waals surface area contributed by atoms with E-state index in [-0.39, 0.29) is 12.8 Å². The quantitative estimate of drug-likeness (QED) is 0.331. The average molecular weight is 223 g/mol. The fourth-order valence-electron chi connectivity index (χ4n) is 1.10. The van der Waals surface area contributed by atoms with Crippen molar-refractivity contribution in [3.05, 3.63) is 40.4 Å². The lowest BCUT2D eigenvalue weighted by Crippen LogP contribution is -2.18. The highest BCUT2D eigenvalue weighted by atomic mass is 16.6. The van der Waals surface area contributed by atoms with E-state index in [4.69, 9.17) is 4.74 Å². The minimum absolute atomic E-state index is 0.0526. The van der Waals surface area contributed by atoms with E-state index >= 15 is 0 Å². The third-order valence-electron chi connectivity index (χ3n) is 2.10. The topological polar surface area (TPSA) is 69.4 Å². The molecule has 0 bridgehead atoms. The third kappa shape index (κ3) is 4.08. The monoisotopic (exact) mass is 223 g/mol. The summed E-state index contributed by atoms with van der Waals surface area (Å²) in [7, 11) is 0. The van der Waals surface area contributed by atoms with Gasteiger partial charge < -0.3 is 4.74 Å². The van der Waals surface area contributed by atoms with Gasteiger partial charge in [0.15, 0.2) is 0 Å². The van der Waals surface area contributed by atoms with Crippen LogP contribution in [0.5, 0.6) is 5.75 Å². The molecule has 0 N–H and O–H groups in total. The van der Waals surface area contributed by atoms with Gasteiger partial charge in [0.1, 0.15) is 5.75 Å². The molecule has 0 aliphatic heterocycles. The Hall–Kier alpha value is -1.91. The van der Waals surface area contributed by atoms with E-state index in [1.807, 2.05) is 6.07 Å². The number of esters is 1. The molecule has 1 aromatic rings. The highest BCUT2D eigenvalue weighted by Gasteiger charge is 2.15. The highest BCUT2D eigenvalue weighted by Crippen LogP contribution is 2.10. The molecule has 5 heteroatoms. The van der Waals surface area contributed by atoms with E-state index < -0.39 is 16.9 Å². The molecule has 0 saturated carbocycles. The van der Waals surface area contributed by atoms with Gasteiger partial charge in [0, 0.05) is 18.3 Å². The summed E-state index contributed by atoms with van der Waals surface area (Å²) >= 11 is 0. The Morgan fingerprint density at radius 1 is 1.44 bits per heavy atom. The van der Waals surface area contributed by atoms with Crippen molar-refractivity contribution in [2.24, 2.45) is 0 Å². The maximum Gasteiger partial charge on any atom is 0.311 e. The van der Waals surface area contributed by atoms with E-state index in [2.05, 4.69) is 0 Å². The van der Waals surface area contributed by atoms with Gasteiger partial charge in [0.05, 0.1) is 6.42 Å². The number of ether oxygens (including phenoxy) is 1. The van der Waals surface area contributed by atoms with E-state index in [1.54, 1.807) is 24.3 Å². The van der Waals surface area contributed by atoms with Gasteiger partial charge in [0.25, 0.3) is 0 Å².